The minimum Gasteiger partial charge on any atom is -0.491 e. The number of ketones is 1. The number of carbonyl (C=O) groups excluding carboxylic acids is 3. The van der Waals surface area contributed by atoms with E-state index in [-0.39, 0.29) is 30.1 Å². The van der Waals surface area contributed by atoms with Crippen LogP contribution < -0.4 is 4.74 Å². The Balaban J connectivity index is 1.69. The summed E-state index contributed by atoms with van der Waals surface area (Å²) in [5, 5.41) is 21.3. The number of hydrogen-bond acceptors (Lipinski definition) is 7. The van der Waals surface area contributed by atoms with E-state index in [2.05, 4.69) is 0 Å². The molecule has 0 saturated carbocycles. The van der Waals surface area contributed by atoms with Crippen LogP contribution in [0.1, 0.15) is 38.0 Å². The summed E-state index contributed by atoms with van der Waals surface area (Å²) in [5.74, 6) is -1.32. The Labute approximate surface area is 159 Å². The molecule has 0 bridgehead atoms. The first kappa shape index (κ1) is 19.2. The van der Waals surface area contributed by atoms with E-state index >= 15 is 0 Å². The summed E-state index contributed by atoms with van der Waals surface area (Å²) in [6.45, 7) is 0.794. The van der Waals surface area contributed by atoms with Crippen LogP contribution in [0.3, 0.4) is 0 Å². The summed E-state index contributed by atoms with van der Waals surface area (Å²) in [6.07, 6.45) is -1.22. The fraction of sp³-hybridized carbons (Fsp3) is 0.211. The molecule has 0 spiro atoms. The lowest BCUT2D eigenvalue weighted by atomic mass is 10.1. The fourth-order valence-electron chi connectivity index (χ4n) is 2.89. The molecule has 0 radical (unpaired) electrons. The number of aliphatic hydroxyl groups is 1. The Morgan fingerprint density at radius 2 is 1.93 bits per heavy atom. The molecule has 1 aliphatic heterocycles. The van der Waals surface area contributed by atoms with Gasteiger partial charge in [0.25, 0.3) is 17.5 Å². The first-order valence-electron chi connectivity index (χ1n) is 8.35. The van der Waals surface area contributed by atoms with Crippen molar-refractivity contribution < 1.29 is 29.2 Å². The van der Waals surface area contributed by atoms with Gasteiger partial charge in [-0.05, 0) is 25.1 Å². The number of carbonyl (C=O) groups is 3. The number of nitro groups is 1. The monoisotopic (exact) mass is 384 g/mol. The number of Topliss-reactive ketones (excluding diaryl/α,β-unsaturated/α-hetero) is 1. The van der Waals surface area contributed by atoms with Gasteiger partial charge in [0.1, 0.15) is 24.0 Å². The molecule has 1 atom stereocenters. The van der Waals surface area contributed by atoms with Crippen LogP contribution in [-0.4, -0.2) is 51.8 Å². The molecule has 28 heavy (non-hydrogen) atoms. The number of imide groups is 1. The third-order valence-electron chi connectivity index (χ3n) is 4.25. The number of nitrogens with zero attached hydrogens (tertiary/aromatic N) is 2. The zero-order valence-electron chi connectivity index (χ0n) is 14.8. The molecule has 144 valence electrons. The lowest BCUT2D eigenvalue weighted by Gasteiger charge is -2.19. The predicted octanol–water partition coefficient (Wildman–Crippen LogP) is 1.83. The van der Waals surface area contributed by atoms with E-state index in [4.69, 9.17) is 4.74 Å². The van der Waals surface area contributed by atoms with Crippen molar-refractivity contribution in [3.05, 3.63) is 69.3 Å². The lowest BCUT2D eigenvalue weighted by molar-refractivity contribution is -0.385. The van der Waals surface area contributed by atoms with E-state index in [0.29, 0.717) is 11.3 Å². The molecule has 0 fully saturated rings. The maximum atomic E-state index is 12.5. The highest BCUT2D eigenvalue weighted by Gasteiger charge is 2.41. The molecule has 0 saturated heterocycles. The molecule has 9 heteroatoms. The second-order valence-corrected chi connectivity index (χ2v) is 6.23. The van der Waals surface area contributed by atoms with Gasteiger partial charge in [-0.25, -0.2) is 0 Å². The quantitative estimate of drug-likeness (QED) is 0.334. The molecule has 1 N–H and O–H groups in total. The van der Waals surface area contributed by atoms with Crippen LogP contribution in [0, 0.1) is 10.1 Å². The molecule has 2 amide bonds. The first-order valence-corrected chi connectivity index (χ1v) is 8.35. The Kier molecular flexibility index (Phi) is 5.18. The second kappa shape index (κ2) is 7.57. The maximum Gasteiger partial charge on any atom is 0.282 e. The van der Waals surface area contributed by atoms with Crippen molar-refractivity contribution in [2.75, 3.05) is 13.2 Å². The number of nitro benzene ring substituents is 1. The Morgan fingerprint density at radius 1 is 1.21 bits per heavy atom. The van der Waals surface area contributed by atoms with Crippen LogP contribution in [0.15, 0.2) is 42.5 Å². The van der Waals surface area contributed by atoms with E-state index in [1.165, 1.54) is 25.1 Å². The third kappa shape index (κ3) is 3.60. The molecule has 2 aromatic rings. The van der Waals surface area contributed by atoms with Crippen LogP contribution in [0.2, 0.25) is 0 Å². The number of fused-ring (bicyclic) bond motifs is 1. The number of ether oxygens (including phenoxy) is 1. The zero-order chi connectivity index (χ0) is 20.4. The van der Waals surface area contributed by atoms with Crippen molar-refractivity contribution in [1.29, 1.82) is 0 Å². The van der Waals surface area contributed by atoms with Crippen molar-refractivity contribution in [2.45, 2.75) is 13.0 Å². The van der Waals surface area contributed by atoms with Crippen molar-refractivity contribution in [1.82, 2.24) is 4.90 Å². The van der Waals surface area contributed by atoms with Gasteiger partial charge < -0.3 is 9.84 Å². The number of rotatable bonds is 7. The molecule has 1 unspecified atom stereocenters. The largest absolute Gasteiger partial charge is 0.491 e. The van der Waals surface area contributed by atoms with Gasteiger partial charge in [-0.2, -0.15) is 0 Å². The number of amides is 2. The summed E-state index contributed by atoms with van der Waals surface area (Å²) in [5.41, 5.74) is -0.356. The molecule has 2 aromatic carbocycles. The van der Waals surface area contributed by atoms with E-state index in [1.807, 2.05) is 0 Å². The van der Waals surface area contributed by atoms with Crippen molar-refractivity contribution in [2.24, 2.45) is 0 Å². The normalized spacial score (nSPS) is 14.0. The van der Waals surface area contributed by atoms with Gasteiger partial charge in [0.2, 0.25) is 0 Å². The van der Waals surface area contributed by atoms with Crippen LogP contribution in [0.4, 0.5) is 5.69 Å². The lowest BCUT2D eigenvalue weighted by Crippen LogP contribution is -2.39. The van der Waals surface area contributed by atoms with Crippen molar-refractivity contribution in [3.8, 4) is 5.75 Å². The van der Waals surface area contributed by atoms with Gasteiger partial charge in [-0.1, -0.05) is 18.2 Å². The molecule has 0 aliphatic carbocycles. The smallest absolute Gasteiger partial charge is 0.282 e. The molecule has 1 heterocycles. The average Bonchev–Trinajstić information content (AvgIpc) is 2.91. The van der Waals surface area contributed by atoms with E-state index in [9.17, 15) is 29.6 Å². The number of hydrogen-bond donors (Lipinski definition) is 1. The molecule has 1 aliphatic rings. The zero-order valence-corrected chi connectivity index (χ0v) is 14.8. The average molecular weight is 384 g/mol. The number of aliphatic hydroxyl groups excluding tert-OH is 1. The van der Waals surface area contributed by atoms with Gasteiger partial charge in [-0.3, -0.25) is 29.4 Å². The Bertz CT molecular complexity index is 986. The SMILES string of the molecule is CC(=O)c1cccc(OCC(O)CN2C(=O)c3cccc([N+](=O)[O-])c3C2=O)c1. The van der Waals surface area contributed by atoms with Crippen LogP contribution in [0.25, 0.3) is 0 Å². The summed E-state index contributed by atoms with van der Waals surface area (Å²) in [7, 11) is 0. The predicted molar refractivity (Wildman–Crippen MR) is 96.4 cm³/mol. The molecule has 3 rings (SSSR count). The minimum atomic E-state index is -1.22. The molecular formula is C19H16N2O7. The summed E-state index contributed by atoms with van der Waals surface area (Å²) in [4.78, 5) is 47.4. The van der Waals surface area contributed by atoms with Crippen LogP contribution in [-0.2, 0) is 0 Å². The fourth-order valence-corrected chi connectivity index (χ4v) is 2.89. The summed E-state index contributed by atoms with van der Waals surface area (Å²) >= 11 is 0. The summed E-state index contributed by atoms with van der Waals surface area (Å²) < 4.78 is 5.42. The highest BCUT2D eigenvalue weighted by molar-refractivity contribution is 6.23. The standard InChI is InChI=1S/C19H16N2O7/c1-11(22)12-4-2-5-14(8-12)28-10-13(23)9-20-18(24)15-6-3-7-16(21(26)27)17(15)19(20)25/h2-8,13,23H,9-10H2,1H3. The molecule has 9 nitrogen and oxygen atoms in total. The van der Waals surface area contributed by atoms with Crippen LogP contribution >= 0.6 is 0 Å². The Morgan fingerprint density at radius 3 is 2.61 bits per heavy atom. The molecule has 0 aromatic heterocycles. The minimum absolute atomic E-state index is 0.0681. The van der Waals surface area contributed by atoms with Crippen molar-refractivity contribution >= 4 is 23.3 Å². The van der Waals surface area contributed by atoms with E-state index in [1.54, 1.807) is 18.2 Å². The highest BCUT2D eigenvalue weighted by Crippen LogP contribution is 2.30. The van der Waals surface area contributed by atoms with E-state index in [0.717, 1.165) is 11.0 Å². The number of benzene rings is 2. The second-order valence-electron chi connectivity index (χ2n) is 6.23. The van der Waals surface area contributed by atoms with Gasteiger partial charge in [-0.15, -0.1) is 0 Å². The Hall–Kier alpha value is -3.59. The van der Waals surface area contributed by atoms with Crippen molar-refractivity contribution in [3.63, 3.8) is 0 Å². The van der Waals surface area contributed by atoms with E-state index < -0.39 is 28.5 Å². The molecular weight excluding hydrogens is 368 g/mol. The summed E-state index contributed by atoms with van der Waals surface area (Å²) in [6, 6.07) is 10.2. The van der Waals surface area contributed by atoms with Gasteiger partial charge in [0.05, 0.1) is 17.0 Å². The maximum absolute atomic E-state index is 12.5. The number of β-amino-alcohol motifs (C(OH)–C–C–N with tert-alkyl or cyclic N) is 1. The topological polar surface area (TPSA) is 127 Å². The van der Waals surface area contributed by atoms with Gasteiger partial charge >= 0.3 is 0 Å². The van der Waals surface area contributed by atoms with Crippen LogP contribution in [0.5, 0.6) is 5.75 Å². The third-order valence-corrected chi connectivity index (χ3v) is 4.25. The first-order chi connectivity index (χ1) is 13.3. The van der Waals surface area contributed by atoms with Gasteiger partial charge in [0.15, 0.2) is 5.78 Å². The highest BCUT2D eigenvalue weighted by atomic mass is 16.6. The van der Waals surface area contributed by atoms with Gasteiger partial charge in [0, 0.05) is 11.6 Å².